The minimum absolute atomic E-state index is 0.394. The summed E-state index contributed by atoms with van der Waals surface area (Å²) >= 11 is 0. The van der Waals surface area contributed by atoms with Gasteiger partial charge in [-0.05, 0) is 179 Å². The fourth-order valence-electron chi connectivity index (χ4n) is 11.3. The lowest BCUT2D eigenvalue weighted by atomic mass is 9.70. The summed E-state index contributed by atoms with van der Waals surface area (Å²) in [5, 5.41) is 5.32. The Morgan fingerprint density at radius 3 is 1.51 bits per heavy atom. The third-order valence-electron chi connectivity index (χ3n) is 13.3. The van der Waals surface area contributed by atoms with Gasteiger partial charge in [0, 0.05) is 0 Å². The SMILES string of the molecule is Cc1cccc(C)c1-c1ccc2cc3c(c(-c4c(C)cccc4C)c2c1)-c1cccc2c4c(cc-3c12)C1(c2ccccc2-c2ccccc21)c1ccccc1-4. The molecule has 0 unspecified atom stereocenters. The molecular weight excluding hydrogens is 661 g/mol. The molecule has 0 saturated heterocycles. The van der Waals surface area contributed by atoms with Crippen molar-refractivity contribution in [1.82, 2.24) is 0 Å². The number of aryl methyl sites for hydroxylation is 4. The quantitative estimate of drug-likeness (QED) is 0.169. The average Bonchev–Trinajstić information content (AvgIpc) is 3.80. The van der Waals surface area contributed by atoms with Gasteiger partial charge in [-0.2, -0.15) is 0 Å². The third-order valence-corrected chi connectivity index (χ3v) is 13.3. The van der Waals surface area contributed by atoms with Crippen molar-refractivity contribution in [2.24, 2.45) is 0 Å². The predicted octanol–water partition coefficient (Wildman–Crippen LogP) is 14.6. The average molecular weight is 699 g/mol. The molecule has 9 aromatic carbocycles. The van der Waals surface area contributed by atoms with Gasteiger partial charge in [0.1, 0.15) is 0 Å². The van der Waals surface area contributed by atoms with Crippen LogP contribution < -0.4 is 0 Å². The summed E-state index contributed by atoms with van der Waals surface area (Å²) in [6.07, 6.45) is 0. The second-order valence-electron chi connectivity index (χ2n) is 16.1. The number of fused-ring (bicyclic) bond motifs is 15. The van der Waals surface area contributed by atoms with Crippen molar-refractivity contribution in [3.63, 3.8) is 0 Å². The van der Waals surface area contributed by atoms with E-state index < -0.39 is 5.41 Å². The summed E-state index contributed by atoms with van der Waals surface area (Å²) in [5.41, 5.74) is 26.5. The van der Waals surface area contributed by atoms with Crippen LogP contribution in [0.5, 0.6) is 0 Å². The van der Waals surface area contributed by atoms with Crippen LogP contribution in [0.3, 0.4) is 0 Å². The van der Waals surface area contributed by atoms with Crippen LogP contribution in [0.25, 0.3) is 88.3 Å². The molecule has 0 fully saturated rings. The molecule has 12 rings (SSSR count). The van der Waals surface area contributed by atoms with Crippen LogP contribution in [0, 0.1) is 27.7 Å². The molecule has 3 aliphatic rings. The van der Waals surface area contributed by atoms with E-state index in [1.807, 2.05) is 0 Å². The zero-order chi connectivity index (χ0) is 36.7. The van der Waals surface area contributed by atoms with Crippen LogP contribution in [0.1, 0.15) is 44.5 Å². The largest absolute Gasteiger partial charge is 0.0725 e. The van der Waals surface area contributed by atoms with E-state index in [1.165, 1.54) is 133 Å². The first-order valence-corrected chi connectivity index (χ1v) is 19.6. The topological polar surface area (TPSA) is 0 Å². The molecule has 0 heterocycles. The lowest BCUT2D eigenvalue weighted by Crippen LogP contribution is -2.25. The smallest absolute Gasteiger partial charge is 0.0619 e. The Morgan fingerprint density at radius 1 is 0.309 bits per heavy atom. The second-order valence-corrected chi connectivity index (χ2v) is 16.1. The normalized spacial score (nSPS) is 13.6. The second kappa shape index (κ2) is 10.8. The molecule has 0 aromatic heterocycles. The van der Waals surface area contributed by atoms with Crippen molar-refractivity contribution >= 4 is 21.5 Å². The van der Waals surface area contributed by atoms with E-state index in [0.717, 1.165) is 0 Å². The highest BCUT2D eigenvalue weighted by atomic mass is 14.5. The molecule has 0 radical (unpaired) electrons. The van der Waals surface area contributed by atoms with Gasteiger partial charge in [-0.1, -0.05) is 140 Å². The Kier molecular flexibility index (Phi) is 6.07. The minimum atomic E-state index is -0.394. The highest BCUT2D eigenvalue weighted by molar-refractivity contribution is 6.26. The summed E-state index contributed by atoms with van der Waals surface area (Å²) < 4.78 is 0. The van der Waals surface area contributed by atoms with Crippen LogP contribution in [0.15, 0.2) is 158 Å². The van der Waals surface area contributed by atoms with Gasteiger partial charge < -0.3 is 0 Å². The Labute approximate surface area is 322 Å². The first kappa shape index (κ1) is 30.9. The standard InChI is InChI=1S/C55H38/c1-31-14-11-15-32(2)49(31)36-27-26-35-28-43-44-30-48-52(39-20-7-10-25-47(39)55(48)45-23-8-5-18-37(45)38-19-6-9-24-46(38)55)40-21-13-22-41(51(40)44)53(43)54(42(35)29-36)50-33(3)16-12-17-34(50)4/h5-30H,1-4H3. The number of hydrogen-bond donors (Lipinski definition) is 0. The molecule has 0 N–H and O–H groups in total. The molecule has 0 heteroatoms. The van der Waals surface area contributed by atoms with Gasteiger partial charge in [-0.3, -0.25) is 0 Å². The van der Waals surface area contributed by atoms with Crippen LogP contribution in [0.4, 0.5) is 0 Å². The highest BCUT2D eigenvalue weighted by Crippen LogP contribution is 2.66. The molecule has 258 valence electrons. The van der Waals surface area contributed by atoms with Crippen molar-refractivity contribution in [2.75, 3.05) is 0 Å². The molecule has 55 heavy (non-hydrogen) atoms. The minimum Gasteiger partial charge on any atom is -0.0619 e. The molecule has 0 amide bonds. The summed E-state index contributed by atoms with van der Waals surface area (Å²) in [5.74, 6) is 0. The molecule has 1 spiro atoms. The molecule has 0 aliphatic heterocycles. The number of rotatable bonds is 2. The van der Waals surface area contributed by atoms with E-state index in [2.05, 4.69) is 185 Å². The Bertz CT molecular complexity index is 3100. The van der Waals surface area contributed by atoms with E-state index in [1.54, 1.807) is 0 Å². The molecule has 0 atom stereocenters. The molecule has 9 aromatic rings. The van der Waals surface area contributed by atoms with Crippen LogP contribution >= 0.6 is 0 Å². The first-order chi connectivity index (χ1) is 27.0. The van der Waals surface area contributed by atoms with Gasteiger partial charge in [-0.25, -0.2) is 0 Å². The van der Waals surface area contributed by atoms with Crippen molar-refractivity contribution in [3.8, 4) is 66.8 Å². The summed E-state index contributed by atoms with van der Waals surface area (Å²) in [4.78, 5) is 0. The van der Waals surface area contributed by atoms with Gasteiger partial charge in [-0.15, -0.1) is 0 Å². The maximum Gasteiger partial charge on any atom is 0.0725 e. The monoisotopic (exact) mass is 698 g/mol. The molecule has 0 bridgehead atoms. The van der Waals surface area contributed by atoms with Gasteiger partial charge in [0.25, 0.3) is 0 Å². The summed E-state index contributed by atoms with van der Waals surface area (Å²) in [6, 6.07) is 60.4. The number of hydrogen-bond acceptors (Lipinski definition) is 0. The molecular formula is C55H38. The van der Waals surface area contributed by atoms with Crippen molar-refractivity contribution in [1.29, 1.82) is 0 Å². The highest BCUT2D eigenvalue weighted by Gasteiger charge is 2.52. The van der Waals surface area contributed by atoms with Crippen molar-refractivity contribution in [2.45, 2.75) is 33.1 Å². The van der Waals surface area contributed by atoms with Gasteiger partial charge in [0.2, 0.25) is 0 Å². The van der Waals surface area contributed by atoms with Crippen LogP contribution in [0.2, 0.25) is 0 Å². The Morgan fingerprint density at radius 2 is 0.855 bits per heavy atom. The van der Waals surface area contributed by atoms with Gasteiger partial charge in [0.05, 0.1) is 5.41 Å². The van der Waals surface area contributed by atoms with Gasteiger partial charge >= 0.3 is 0 Å². The molecule has 3 aliphatic carbocycles. The van der Waals surface area contributed by atoms with E-state index in [-0.39, 0.29) is 0 Å². The van der Waals surface area contributed by atoms with E-state index in [9.17, 15) is 0 Å². The van der Waals surface area contributed by atoms with Crippen molar-refractivity contribution in [3.05, 3.63) is 202 Å². The molecule has 0 nitrogen and oxygen atoms in total. The third kappa shape index (κ3) is 3.77. The Balaban J connectivity index is 1.24. The maximum absolute atomic E-state index is 2.61. The summed E-state index contributed by atoms with van der Waals surface area (Å²) in [6.45, 7) is 9.06. The van der Waals surface area contributed by atoms with E-state index in [0.29, 0.717) is 0 Å². The van der Waals surface area contributed by atoms with Crippen LogP contribution in [-0.2, 0) is 5.41 Å². The van der Waals surface area contributed by atoms with Crippen LogP contribution in [-0.4, -0.2) is 0 Å². The maximum atomic E-state index is 2.61. The zero-order valence-electron chi connectivity index (χ0n) is 31.5. The zero-order valence-corrected chi connectivity index (χ0v) is 31.5. The Hall–Kier alpha value is -6.50. The van der Waals surface area contributed by atoms with E-state index in [4.69, 9.17) is 0 Å². The molecule has 0 saturated carbocycles. The lowest BCUT2D eigenvalue weighted by Gasteiger charge is -2.30. The predicted molar refractivity (Wildman–Crippen MR) is 232 cm³/mol. The number of benzene rings is 9. The summed E-state index contributed by atoms with van der Waals surface area (Å²) in [7, 11) is 0. The van der Waals surface area contributed by atoms with Crippen molar-refractivity contribution < 1.29 is 0 Å². The first-order valence-electron chi connectivity index (χ1n) is 19.6. The fraction of sp³-hybridized carbons (Fsp3) is 0.0909. The van der Waals surface area contributed by atoms with E-state index >= 15 is 0 Å². The van der Waals surface area contributed by atoms with Gasteiger partial charge in [0.15, 0.2) is 0 Å². The lowest BCUT2D eigenvalue weighted by molar-refractivity contribution is 0.795. The fourth-order valence-corrected chi connectivity index (χ4v) is 11.3.